The summed E-state index contributed by atoms with van der Waals surface area (Å²) in [4.78, 5) is 27.1. The highest BCUT2D eigenvalue weighted by atomic mass is 35.5. The first kappa shape index (κ1) is 26.1. The largest absolute Gasteiger partial charge is 0.477 e. The Morgan fingerprint density at radius 2 is 1.61 bits per heavy atom. The molecule has 3 aromatic carbocycles. The average Bonchev–Trinajstić information content (AvgIpc) is 3.30. The van der Waals surface area contributed by atoms with Crippen LogP contribution in [0.15, 0.2) is 84.9 Å². The predicted octanol–water partition coefficient (Wildman–Crippen LogP) is 8.24. The number of hydrogen-bond acceptors (Lipinski definition) is 4. The van der Waals surface area contributed by atoms with E-state index >= 15 is 0 Å². The molecule has 0 bridgehead atoms. The van der Waals surface area contributed by atoms with E-state index in [1.54, 1.807) is 12.1 Å². The zero-order valence-electron chi connectivity index (χ0n) is 19.5. The second-order valence-electron chi connectivity index (χ2n) is 8.51. The Morgan fingerprint density at radius 1 is 0.944 bits per heavy atom. The highest BCUT2D eigenvalue weighted by Crippen LogP contribution is 2.40. The summed E-state index contributed by atoms with van der Waals surface area (Å²) in [5.41, 5.74) is 2.66. The van der Waals surface area contributed by atoms with Crippen molar-refractivity contribution in [3.8, 4) is 10.4 Å². The molecule has 36 heavy (non-hydrogen) atoms. The molecule has 184 valence electrons. The van der Waals surface area contributed by atoms with E-state index in [-0.39, 0.29) is 28.2 Å². The molecule has 4 aromatic rings. The van der Waals surface area contributed by atoms with Crippen molar-refractivity contribution in [1.82, 2.24) is 0 Å². The first-order valence-corrected chi connectivity index (χ1v) is 13.0. The van der Waals surface area contributed by atoms with Gasteiger partial charge in [-0.25, -0.2) is 4.79 Å². The van der Waals surface area contributed by atoms with Gasteiger partial charge in [-0.2, -0.15) is 0 Å². The molecule has 4 nitrogen and oxygen atoms in total. The van der Waals surface area contributed by atoms with Crippen molar-refractivity contribution in [2.45, 2.75) is 19.4 Å². The van der Waals surface area contributed by atoms with Gasteiger partial charge in [0.05, 0.1) is 24.2 Å². The number of halogens is 2. The van der Waals surface area contributed by atoms with Crippen molar-refractivity contribution in [2.75, 3.05) is 6.61 Å². The third kappa shape index (κ3) is 6.05. The fraction of sp³-hybridized carbons (Fsp3) is 0.172. The molecule has 4 rings (SSSR count). The monoisotopic (exact) mass is 538 g/mol. The van der Waals surface area contributed by atoms with Crippen molar-refractivity contribution < 1.29 is 19.4 Å². The molecule has 0 aliphatic rings. The molecule has 0 saturated carbocycles. The lowest BCUT2D eigenvalue weighted by molar-refractivity contribution is 0.0684. The number of benzene rings is 3. The van der Waals surface area contributed by atoms with Crippen LogP contribution in [0.25, 0.3) is 10.4 Å². The number of carbonyl (C=O) groups excluding carboxylic acids is 1. The summed E-state index contributed by atoms with van der Waals surface area (Å²) in [6.45, 7) is 2.54. The van der Waals surface area contributed by atoms with E-state index in [9.17, 15) is 14.7 Å². The molecule has 0 radical (unpaired) electrons. The summed E-state index contributed by atoms with van der Waals surface area (Å²) in [5.74, 6) is -2.45. The van der Waals surface area contributed by atoms with Crippen LogP contribution in [0.1, 0.15) is 44.0 Å². The lowest BCUT2D eigenvalue weighted by Gasteiger charge is -2.24. The molecule has 0 fully saturated rings. The topological polar surface area (TPSA) is 63.6 Å². The molecule has 1 aromatic heterocycles. The Labute approximate surface area is 224 Å². The number of rotatable bonds is 10. The van der Waals surface area contributed by atoms with Gasteiger partial charge in [0.1, 0.15) is 4.88 Å². The summed E-state index contributed by atoms with van der Waals surface area (Å²) >= 11 is 13.6. The van der Waals surface area contributed by atoms with Crippen LogP contribution in [0, 0.1) is 5.92 Å². The van der Waals surface area contributed by atoms with E-state index in [1.807, 2.05) is 73.7 Å². The summed E-state index contributed by atoms with van der Waals surface area (Å²) in [6, 6.07) is 25.8. The van der Waals surface area contributed by atoms with E-state index < -0.39 is 11.9 Å². The molecule has 0 aliphatic heterocycles. The number of hydrogen-bond donors (Lipinski definition) is 1. The zero-order valence-corrected chi connectivity index (χ0v) is 21.8. The van der Waals surface area contributed by atoms with E-state index in [1.165, 1.54) is 6.07 Å². The molecular formula is C29H24Cl2O4S. The molecular weight excluding hydrogens is 515 g/mol. The third-order valence-corrected chi connectivity index (χ3v) is 7.62. The third-order valence-electron chi connectivity index (χ3n) is 5.89. The predicted molar refractivity (Wildman–Crippen MR) is 146 cm³/mol. The van der Waals surface area contributed by atoms with E-state index in [0.29, 0.717) is 22.8 Å². The van der Waals surface area contributed by atoms with Gasteiger partial charge in [0.2, 0.25) is 0 Å². The second kappa shape index (κ2) is 11.8. The summed E-state index contributed by atoms with van der Waals surface area (Å²) in [5, 5.41) is 10.7. The number of aromatic carboxylic acids is 1. The van der Waals surface area contributed by atoms with Crippen LogP contribution in [-0.4, -0.2) is 23.5 Å². The first-order valence-electron chi connectivity index (χ1n) is 11.4. The molecule has 0 saturated heterocycles. The number of carboxylic acid groups (broad SMARTS) is 1. The fourth-order valence-corrected chi connectivity index (χ4v) is 5.70. The molecule has 0 spiro atoms. The van der Waals surface area contributed by atoms with Crippen LogP contribution < -0.4 is 0 Å². The van der Waals surface area contributed by atoms with Crippen molar-refractivity contribution in [3.63, 3.8) is 0 Å². The minimum atomic E-state index is -1.07. The standard InChI is InChI=1S/C29H24Cl2O4S/c1-18(16-35-17-19-8-4-2-5-9-19)26(27(32)22-13-12-21(30)14-24(22)31)23-15-25(36-28(23)29(33)34)20-10-6-3-7-11-20/h2-15,18,26H,16-17H2,1H3,(H,33,34). The fourth-order valence-electron chi connectivity index (χ4n) is 4.14. The van der Waals surface area contributed by atoms with Crippen molar-refractivity contribution >= 4 is 46.3 Å². The molecule has 0 amide bonds. The SMILES string of the molecule is CC(COCc1ccccc1)C(C(=O)c1ccc(Cl)cc1Cl)c1cc(-c2ccccc2)sc1C(=O)O. The lowest BCUT2D eigenvalue weighted by Crippen LogP contribution is -2.25. The Bertz CT molecular complexity index is 1350. The van der Waals surface area contributed by atoms with Gasteiger partial charge in [-0.1, -0.05) is 90.8 Å². The van der Waals surface area contributed by atoms with E-state index in [4.69, 9.17) is 27.9 Å². The molecule has 2 atom stereocenters. The summed E-state index contributed by atoms with van der Waals surface area (Å²) in [7, 11) is 0. The van der Waals surface area contributed by atoms with Crippen LogP contribution in [-0.2, 0) is 11.3 Å². The lowest BCUT2D eigenvalue weighted by atomic mass is 9.81. The Balaban J connectivity index is 1.72. The Morgan fingerprint density at radius 3 is 2.25 bits per heavy atom. The molecule has 2 unspecified atom stereocenters. The Kier molecular flexibility index (Phi) is 8.60. The molecule has 1 N–H and O–H groups in total. The number of thiophene rings is 1. The van der Waals surface area contributed by atoms with Crippen LogP contribution >= 0.6 is 34.5 Å². The van der Waals surface area contributed by atoms with Gasteiger partial charge in [-0.05, 0) is 46.9 Å². The van der Waals surface area contributed by atoms with Crippen LogP contribution in [0.2, 0.25) is 10.0 Å². The second-order valence-corrected chi connectivity index (χ2v) is 10.4. The van der Waals surface area contributed by atoms with Crippen molar-refractivity contribution in [1.29, 1.82) is 0 Å². The number of ether oxygens (including phenoxy) is 1. The quantitative estimate of drug-likeness (QED) is 0.206. The average molecular weight is 539 g/mol. The van der Waals surface area contributed by atoms with Crippen molar-refractivity contribution in [2.24, 2.45) is 5.92 Å². The highest BCUT2D eigenvalue weighted by Gasteiger charge is 2.34. The van der Waals surface area contributed by atoms with Gasteiger partial charge in [-0.3, -0.25) is 4.79 Å². The Hall–Kier alpha value is -2.96. The number of carboxylic acids is 1. The minimum absolute atomic E-state index is 0.132. The number of carbonyl (C=O) groups is 2. The van der Waals surface area contributed by atoms with Crippen LogP contribution in [0.3, 0.4) is 0 Å². The summed E-state index contributed by atoms with van der Waals surface area (Å²) in [6.07, 6.45) is 0. The van der Waals surface area contributed by atoms with Gasteiger partial charge < -0.3 is 9.84 Å². The van der Waals surface area contributed by atoms with Crippen LogP contribution in [0.4, 0.5) is 0 Å². The summed E-state index contributed by atoms with van der Waals surface area (Å²) < 4.78 is 5.96. The molecule has 7 heteroatoms. The smallest absolute Gasteiger partial charge is 0.346 e. The van der Waals surface area contributed by atoms with Crippen molar-refractivity contribution in [3.05, 3.63) is 117 Å². The minimum Gasteiger partial charge on any atom is -0.477 e. The molecule has 0 aliphatic carbocycles. The van der Waals surface area contributed by atoms with Gasteiger partial charge in [0, 0.05) is 15.5 Å². The first-order chi connectivity index (χ1) is 17.3. The maximum absolute atomic E-state index is 13.9. The normalized spacial score (nSPS) is 12.8. The number of Topliss-reactive ketones (excluding diaryl/α,β-unsaturated/α-hetero) is 1. The van der Waals surface area contributed by atoms with E-state index in [0.717, 1.165) is 27.3 Å². The maximum Gasteiger partial charge on any atom is 0.346 e. The zero-order chi connectivity index (χ0) is 25.7. The maximum atomic E-state index is 13.9. The van der Waals surface area contributed by atoms with Gasteiger partial charge in [0.15, 0.2) is 5.78 Å². The van der Waals surface area contributed by atoms with Gasteiger partial charge >= 0.3 is 5.97 Å². The molecule has 1 heterocycles. The van der Waals surface area contributed by atoms with E-state index in [2.05, 4.69) is 0 Å². The number of ketones is 1. The van der Waals surface area contributed by atoms with Crippen LogP contribution in [0.5, 0.6) is 0 Å². The highest BCUT2D eigenvalue weighted by molar-refractivity contribution is 7.17. The van der Waals surface area contributed by atoms with Gasteiger partial charge in [0.25, 0.3) is 0 Å². The van der Waals surface area contributed by atoms with Gasteiger partial charge in [-0.15, -0.1) is 11.3 Å².